The summed E-state index contributed by atoms with van der Waals surface area (Å²) in [6.07, 6.45) is 1.89. The van der Waals surface area contributed by atoms with Gasteiger partial charge in [0.05, 0.1) is 11.0 Å². The number of fused-ring (bicyclic) bond motifs is 3. The smallest absolute Gasteiger partial charge is 0.277 e. The van der Waals surface area contributed by atoms with Crippen LogP contribution in [0.25, 0.3) is 16.6 Å². The molecular formula is C15H17N5O2. The molecule has 0 saturated heterocycles. The summed E-state index contributed by atoms with van der Waals surface area (Å²) in [7, 11) is 1.71. The third-order valence-corrected chi connectivity index (χ3v) is 3.66. The first-order valence-electron chi connectivity index (χ1n) is 7.25. The molecule has 3 rings (SSSR count). The van der Waals surface area contributed by atoms with Gasteiger partial charge in [-0.15, -0.1) is 5.10 Å². The lowest BCUT2D eigenvalue weighted by Gasteiger charge is -2.14. The Balaban J connectivity index is 2.14. The Morgan fingerprint density at radius 3 is 2.91 bits per heavy atom. The Morgan fingerprint density at radius 2 is 2.14 bits per heavy atom. The van der Waals surface area contributed by atoms with Gasteiger partial charge in [-0.2, -0.15) is 0 Å². The maximum atomic E-state index is 12.5. The Kier molecular flexibility index (Phi) is 3.62. The van der Waals surface area contributed by atoms with E-state index in [1.54, 1.807) is 18.0 Å². The molecule has 7 heteroatoms. The zero-order chi connectivity index (χ0) is 15.7. The Bertz CT molecular complexity index is 896. The SMILES string of the molecule is CCCCN(C)C(=O)c1nnn2c1c(=O)[nH]c1ccccc12. The average molecular weight is 299 g/mol. The van der Waals surface area contributed by atoms with Crippen molar-refractivity contribution in [1.29, 1.82) is 0 Å². The minimum atomic E-state index is -0.365. The largest absolute Gasteiger partial charge is 0.340 e. The number of nitrogens with zero attached hydrogens (tertiary/aromatic N) is 4. The van der Waals surface area contributed by atoms with E-state index in [1.165, 1.54) is 4.52 Å². The lowest BCUT2D eigenvalue weighted by atomic mass is 10.2. The van der Waals surface area contributed by atoms with Crippen molar-refractivity contribution in [2.24, 2.45) is 0 Å². The van der Waals surface area contributed by atoms with E-state index in [0.29, 0.717) is 17.6 Å². The maximum Gasteiger partial charge on any atom is 0.277 e. The fourth-order valence-corrected chi connectivity index (χ4v) is 2.42. The molecule has 2 aromatic heterocycles. The molecule has 1 N–H and O–H groups in total. The molecule has 0 atom stereocenters. The quantitative estimate of drug-likeness (QED) is 0.790. The number of para-hydroxylation sites is 2. The van der Waals surface area contributed by atoms with E-state index in [4.69, 9.17) is 0 Å². The fourth-order valence-electron chi connectivity index (χ4n) is 2.42. The van der Waals surface area contributed by atoms with E-state index in [9.17, 15) is 9.59 Å². The predicted octanol–water partition coefficient (Wildman–Crippen LogP) is 1.44. The highest BCUT2D eigenvalue weighted by Gasteiger charge is 2.22. The maximum absolute atomic E-state index is 12.5. The lowest BCUT2D eigenvalue weighted by molar-refractivity contribution is 0.0789. The molecule has 0 bridgehead atoms. The number of rotatable bonds is 4. The minimum absolute atomic E-state index is 0.0885. The number of hydrogen-bond donors (Lipinski definition) is 1. The molecule has 22 heavy (non-hydrogen) atoms. The molecule has 114 valence electrons. The monoisotopic (exact) mass is 299 g/mol. The van der Waals surface area contributed by atoms with Crippen molar-refractivity contribution in [3.8, 4) is 0 Å². The number of aromatic amines is 1. The third kappa shape index (κ3) is 2.24. The number of H-pyrrole nitrogens is 1. The van der Waals surface area contributed by atoms with Crippen LogP contribution in [0.15, 0.2) is 29.1 Å². The first-order chi connectivity index (χ1) is 10.6. The molecule has 0 aliphatic carbocycles. The molecule has 0 unspecified atom stereocenters. The van der Waals surface area contributed by atoms with Crippen molar-refractivity contribution in [3.63, 3.8) is 0 Å². The zero-order valence-corrected chi connectivity index (χ0v) is 12.5. The van der Waals surface area contributed by atoms with E-state index < -0.39 is 0 Å². The molecule has 0 saturated carbocycles. The van der Waals surface area contributed by atoms with Gasteiger partial charge in [0.2, 0.25) is 0 Å². The first kappa shape index (κ1) is 14.2. The second kappa shape index (κ2) is 5.59. The van der Waals surface area contributed by atoms with E-state index in [0.717, 1.165) is 12.8 Å². The average Bonchev–Trinajstić information content (AvgIpc) is 2.97. The van der Waals surface area contributed by atoms with Crippen molar-refractivity contribution in [1.82, 2.24) is 24.7 Å². The second-order valence-corrected chi connectivity index (χ2v) is 5.25. The van der Waals surface area contributed by atoms with Crippen molar-refractivity contribution in [2.45, 2.75) is 19.8 Å². The standard InChI is InChI=1S/C15H17N5O2/c1-3-4-9-19(2)15(22)12-13-14(21)16-10-7-5-6-8-11(10)20(13)18-17-12/h5-8H,3-4,9H2,1-2H3,(H,16,21). The number of amides is 1. The Morgan fingerprint density at radius 1 is 1.36 bits per heavy atom. The van der Waals surface area contributed by atoms with Crippen LogP contribution in [0, 0.1) is 0 Å². The predicted molar refractivity (Wildman–Crippen MR) is 83.0 cm³/mol. The fraction of sp³-hybridized carbons (Fsp3) is 0.333. The first-order valence-corrected chi connectivity index (χ1v) is 7.25. The Labute approximate surface area is 126 Å². The van der Waals surface area contributed by atoms with E-state index >= 15 is 0 Å². The summed E-state index contributed by atoms with van der Waals surface area (Å²) in [5.41, 5.74) is 1.27. The van der Waals surface area contributed by atoms with Gasteiger partial charge in [0.1, 0.15) is 0 Å². The number of benzene rings is 1. The van der Waals surface area contributed by atoms with Crippen LogP contribution in [0.4, 0.5) is 0 Å². The van der Waals surface area contributed by atoms with Crippen LogP contribution in [-0.2, 0) is 0 Å². The third-order valence-electron chi connectivity index (χ3n) is 3.66. The van der Waals surface area contributed by atoms with Crippen LogP contribution in [0.1, 0.15) is 30.3 Å². The summed E-state index contributed by atoms with van der Waals surface area (Å²) in [4.78, 5) is 29.1. The number of carbonyl (C=O) groups excluding carboxylic acids is 1. The van der Waals surface area contributed by atoms with E-state index in [1.807, 2.05) is 18.2 Å². The highest BCUT2D eigenvalue weighted by molar-refractivity contribution is 5.99. The minimum Gasteiger partial charge on any atom is -0.340 e. The topological polar surface area (TPSA) is 83.4 Å². The lowest BCUT2D eigenvalue weighted by Crippen LogP contribution is -2.29. The number of nitrogens with one attached hydrogen (secondary N) is 1. The molecule has 0 aliphatic rings. The molecule has 0 radical (unpaired) electrons. The molecule has 2 heterocycles. The number of carbonyl (C=O) groups is 1. The van der Waals surface area contributed by atoms with Crippen LogP contribution >= 0.6 is 0 Å². The molecule has 1 aromatic carbocycles. The van der Waals surface area contributed by atoms with Gasteiger partial charge in [0, 0.05) is 13.6 Å². The van der Waals surface area contributed by atoms with Crippen LogP contribution < -0.4 is 5.56 Å². The van der Waals surface area contributed by atoms with Gasteiger partial charge >= 0.3 is 0 Å². The molecule has 0 aliphatic heterocycles. The summed E-state index contributed by atoms with van der Waals surface area (Å²) in [5, 5.41) is 7.93. The molecule has 1 amide bonds. The van der Waals surface area contributed by atoms with Gasteiger partial charge in [-0.05, 0) is 18.6 Å². The highest BCUT2D eigenvalue weighted by Crippen LogP contribution is 2.13. The van der Waals surface area contributed by atoms with Gasteiger partial charge in [-0.1, -0.05) is 30.7 Å². The summed E-state index contributed by atoms with van der Waals surface area (Å²) in [6, 6.07) is 7.27. The molecule has 0 fully saturated rings. The van der Waals surface area contributed by atoms with Gasteiger partial charge in [0.15, 0.2) is 11.2 Å². The van der Waals surface area contributed by atoms with Gasteiger partial charge in [-0.3, -0.25) is 9.59 Å². The van der Waals surface area contributed by atoms with Crippen LogP contribution in [-0.4, -0.2) is 44.2 Å². The van der Waals surface area contributed by atoms with Crippen molar-refractivity contribution < 1.29 is 4.79 Å². The number of aromatic nitrogens is 4. The van der Waals surface area contributed by atoms with E-state index in [-0.39, 0.29) is 22.7 Å². The zero-order valence-electron chi connectivity index (χ0n) is 12.5. The number of unbranched alkanes of at least 4 members (excludes halogenated alkanes) is 1. The molecular weight excluding hydrogens is 282 g/mol. The molecule has 0 spiro atoms. The van der Waals surface area contributed by atoms with Gasteiger partial charge in [0.25, 0.3) is 11.5 Å². The van der Waals surface area contributed by atoms with Crippen molar-refractivity contribution in [2.75, 3.05) is 13.6 Å². The molecule has 7 nitrogen and oxygen atoms in total. The summed E-state index contributed by atoms with van der Waals surface area (Å²) >= 11 is 0. The van der Waals surface area contributed by atoms with E-state index in [2.05, 4.69) is 22.2 Å². The van der Waals surface area contributed by atoms with Crippen LogP contribution in [0.3, 0.4) is 0 Å². The molecule has 3 aromatic rings. The summed E-state index contributed by atoms with van der Waals surface area (Å²) in [5.74, 6) is -0.288. The normalized spacial score (nSPS) is 11.2. The van der Waals surface area contributed by atoms with Crippen molar-refractivity contribution in [3.05, 3.63) is 40.3 Å². The van der Waals surface area contributed by atoms with Crippen molar-refractivity contribution >= 4 is 22.5 Å². The number of hydrogen-bond acceptors (Lipinski definition) is 4. The van der Waals surface area contributed by atoms with Gasteiger partial charge < -0.3 is 9.88 Å². The van der Waals surface area contributed by atoms with Crippen LogP contribution in [0.2, 0.25) is 0 Å². The van der Waals surface area contributed by atoms with Crippen LogP contribution in [0.5, 0.6) is 0 Å². The summed E-state index contributed by atoms with van der Waals surface area (Å²) < 4.78 is 1.43. The summed E-state index contributed by atoms with van der Waals surface area (Å²) in [6.45, 7) is 2.68. The van der Waals surface area contributed by atoms with Gasteiger partial charge in [-0.25, -0.2) is 4.52 Å². The second-order valence-electron chi connectivity index (χ2n) is 5.25. The Hall–Kier alpha value is -2.70. The highest BCUT2D eigenvalue weighted by atomic mass is 16.2.